The summed E-state index contributed by atoms with van der Waals surface area (Å²) in [5, 5.41) is 10.7. The van der Waals surface area contributed by atoms with Gasteiger partial charge in [0.2, 0.25) is 0 Å². The van der Waals surface area contributed by atoms with Crippen LogP contribution < -0.4 is 9.47 Å². The topological polar surface area (TPSA) is 38.7 Å². The van der Waals surface area contributed by atoms with Crippen molar-refractivity contribution in [2.45, 2.75) is 25.4 Å². The second kappa shape index (κ2) is 5.99. The average Bonchev–Trinajstić information content (AvgIpc) is 3.07. The molecule has 0 fully saturated rings. The summed E-state index contributed by atoms with van der Waals surface area (Å²) in [6, 6.07) is 5.80. The first-order chi connectivity index (χ1) is 10.1. The summed E-state index contributed by atoms with van der Waals surface area (Å²) >= 11 is 5.23. The fraction of sp³-hybridized carbons (Fsp3) is 0.375. The molecule has 1 atom stereocenters. The molecular weight excluding hydrogens is 352 g/mol. The zero-order chi connectivity index (χ0) is 15.0. The van der Waals surface area contributed by atoms with Gasteiger partial charge in [-0.1, -0.05) is 15.9 Å². The maximum Gasteiger partial charge on any atom is 0.161 e. The first kappa shape index (κ1) is 14.9. The second-order valence-electron chi connectivity index (χ2n) is 5.08. The van der Waals surface area contributed by atoms with Gasteiger partial charge in [-0.2, -0.15) is 0 Å². The number of halogens is 1. The third-order valence-corrected chi connectivity index (χ3v) is 5.81. The van der Waals surface area contributed by atoms with E-state index < -0.39 is 6.10 Å². The van der Waals surface area contributed by atoms with Crippen molar-refractivity contribution < 1.29 is 14.6 Å². The Morgan fingerprint density at radius 1 is 1.14 bits per heavy atom. The number of aliphatic hydroxyl groups is 1. The third-order valence-electron chi connectivity index (χ3n) is 3.83. The zero-order valence-corrected chi connectivity index (χ0v) is 14.4. The van der Waals surface area contributed by atoms with Gasteiger partial charge < -0.3 is 14.6 Å². The van der Waals surface area contributed by atoms with Gasteiger partial charge in [-0.15, -0.1) is 11.3 Å². The maximum atomic E-state index is 10.7. The quantitative estimate of drug-likeness (QED) is 0.882. The lowest BCUT2D eigenvalue weighted by Gasteiger charge is -2.15. The molecule has 1 unspecified atom stereocenters. The van der Waals surface area contributed by atoms with Crippen LogP contribution in [0.15, 0.2) is 22.7 Å². The first-order valence-corrected chi connectivity index (χ1v) is 8.46. The minimum atomic E-state index is -0.644. The Hall–Kier alpha value is -1.04. The van der Waals surface area contributed by atoms with Gasteiger partial charge in [0.1, 0.15) is 6.10 Å². The molecule has 1 aliphatic carbocycles. The van der Waals surface area contributed by atoms with Crippen molar-refractivity contribution in [3.8, 4) is 11.5 Å². The van der Waals surface area contributed by atoms with Crippen molar-refractivity contribution in [3.05, 3.63) is 43.6 Å². The summed E-state index contributed by atoms with van der Waals surface area (Å²) in [5.41, 5.74) is 2.19. The van der Waals surface area contributed by atoms with Crippen LogP contribution in [0.2, 0.25) is 0 Å². The van der Waals surface area contributed by atoms with Gasteiger partial charge >= 0.3 is 0 Å². The van der Waals surface area contributed by atoms with Crippen LogP contribution in [0.25, 0.3) is 0 Å². The summed E-state index contributed by atoms with van der Waals surface area (Å²) in [6.07, 6.45) is 2.86. The van der Waals surface area contributed by atoms with E-state index in [1.807, 2.05) is 12.1 Å². The van der Waals surface area contributed by atoms with Crippen molar-refractivity contribution in [2.24, 2.45) is 0 Å². The van der Waals surface area contributed by atoms with Gasteiger partial charge in [0.25, 0.3) is 0 Å². The van der Waals surface area contributed by atoms with Gasteiger partial charge in [-0.3, -0.25) is 0 Å². The van der Waals surface area contributed by atoms with E-state index in [4.69, 9.17) is 9.47 Å². The molecule has 21 heavy (non-hydrogen) atoms. The molecule has 0 spiro atoms. The van der Waals surface area contributed by atoms with E-state index in [2.05, 4.69) is 22.0 Å². The van der Waals surface area contributed by atoms with E-state index in [1.165, 1.54) is 16.9 Å². The van der Waals surface area contributed by atoms with E-state index in [0.717, 1.165) is 27.8 Å². The molecule has 1 aliphatic rings. The highest BCUT2D eigenvalue weighted by atomic mass is 79.9. The lowest BCUT2D eigenvalue weighted by molar-refractivity contribution is 0.222. The summed E-state index contributed by atoms with van der Waals surface area (Å²) in [4.78, 5) is 2.41. The number of ether oxygens (including phenoxy) is 2. The van der Waals surface area contributed by atoms with Crippen LogP contribution >= 0.6 is 27.3 Å². The summed E-state index contributed by atoms with van der Waals surface area (Å²) < 4.78 is 11.4. The molecule has 0 amide bonds. The predicted molar refractivity (Wildman–Crippen MR) is 87.7 cm³/mol. The van der Waals surface area contributed by atoms with Crippen LogP contribution in [0.5, 0.6) is 11.5 Å². The number of thiophene rings is 1. The van der Waals surface area contributed by atoms with Crippen LogP contribution in [-0.2, 0) is 12.8 Å². The number of hydrogen-bond acceptors (Lipinski definition) is 4. The van der Waals surface area contributed by atoms with Crippen LogP contribution in [0.3, 0.4) is 0 Å². The van der Waals surface area contributed by atoms with E-state index in [0.29, 0.717) is 11.5 Å². The number of fused-ring (bicyclic) bond motifs is 1. The van der Waals surface area contributed by atoms with Gasteiger partial charge in [0.05, 0.1) is 14.2 Å². The number of methoxy groups -OCH3 is 2. The van der Waals surface area contributed by atoms with Gasteiger partial charge in [0, 0.05) is 19.8 Å². The minimum Gasteiger partial charge on any atom is -0.493 e. The van der Waals surface area contributed by atoms with Crippen LogP contribution in [-0.4, -0.2) is 19.3 Å². The molecule has 5 heteroatoms. The molecule has 1 heterocycles. The Morgan fingerprint density at radius 3 is 2.52 bits per heavy atom. The fourth-order valence-electron chi connectivity index (χ4n) is 2.72. The molecule has 2 aromatic rings. The molecule has 1 aromatic heterocycles. The van der Waals surface area contributed by atoms with Crippen molar-refractivity contribution >= 4 is 27.3 Å². The van der Waals surface area contributed by atoms with Gasteiger partial charge in [-0.25, -0.2) is 0 Å². The Bertz CT molecular complexity index is 644. The Morgan fingerprint density at radius 2 is 1.86 bits per heavy atom. The minimum absolute atomic E-state index is 0.624. The molecule has 0 saturated carbocycles. The van der Waals surface area contributed by atoms with E-state index in [9.17, 15) is 5.11 Å². The summed E-state index contributed by atoms with van der Waals surface area (Å²) in [7, 11) is 3.20. The number of aryl methyl sites for hydroxylation is 2. The molecule has 0 radical (unpaired) electrons. The lowest BCUT2D eigenvalue weighted by atomic mass is 10.1. The molecule has 3 nitrogen and oxygen atoms in total. The predicted octanol–water partition coefficient (Wildman–Crippen LogP) is 4.10. The number of hydrogen-bond donors (Lipinski definition) is 1. The monoisotopic (exact) mass is 368 g/mol. The standard InChI is InChI=1S/C16H17BrO3S/c1-19-12-7-10(11(17)8-13(12)20-2)16(18)15-6-9-4-3-5-14(9)21-15/h6-8,16,18H,3-5H2,1-2H3. The van der Waals surface area contributed by atoms with E-state index in [-0.39, 0.29) is 0 Å². The van der Waals surface area contributed by atoms with Crippen LogP contribution in [0, 0.1) is 0 Å². The maximum absolute atomic E-state index is 10.7. The van der Waals surface area contributed by atoms with Gasteiger partial charge in [0.15, 0.2) is 11.5 Å². The van der Waals surface area contributed by atoms with Crippen molar-refractivity contribution in [1.29, 1.82) is 0 Å². The Kier molecular flexibility index (Phi) is 4.24. The molecular formula is C16H17BrO3S. The smallest absolute Gasteiger partial charge is 0.161 e. The lowest BCUT2D eigenvalue weighted by Crippen LogP contribution is -2.01. The molecule has 3 rings (SSSR count). The molecule has 0 saturated heterocycles. The average molecular weight is 369 g/mol. The van der Waals surface area contributed by atoms with E-state index in [1.54, 1.807) is 25.6 Å². The van der Waals surface area contributed by atoms with Crippen molar-refractivity contribution in [1.82, 2.24) is 0 Å². The van der Waals surface area contributed by atoms with Crippen molar-refractivity contribution in [3.63, 3.8) is 0 Å². The summed E-state index contributed by atoms with van der Waals surface area (Å²) in [5.74, 6) is 1.27. The fourth-order valence-corrected chi connectivity index (χ4v) is 4.52. The first-order valence-electron chi connectivity index (χ1n) is 6.85. The normalized spacial score (nSPS) is 14.9. The molecule has 0 bridgehead atoms. The van der Waals surface area contributed by atoms with Crippen LogP contribution in [0.4, 0.5) is 0 Å². The number of rotatable bonds is 4. The highest BCUT2D eigenvalue weighted by Gasteiger charge is 2.22. The highest BCUT2D eigenvalue weighted by molar-refractivity contribution is 9.10. The molecule has 112 valence electrons. The Labute approximate surface area is 136 Å². The third kappa shape index (κ3) is 2.70. The SMILES string of the molecule is COc1cc(Br)c(C(O)c2cc3c(s2)CCC3)cc1OC. The largest absolute Gasteiger partial charge is 0.493 e. The van der Waals surface area contributed by atoms with E-state index >= 15 is 0 Å². The van der Waals surface area contributed by atoms with Gasteiger partial charge in [-0.05, 0) is 43.0 Å². The molecule has 1 aromatic carbocycles. The Balaban J connectivity index is 1.98. The number of aliphatic hydroxyl groups excluding tert-OH is 1. The number of benzene rings is 1. The van der Waals surface area contributed by atoms with Crippen LogP contribution in [0.1, 0.15) is 33.4 Å². The molecule has 1 N–H and O–H groups in total. The van der Waals surface area contributed by atoms with Crippen molar-refractivity contribution in [2.75, 3.05) is 14.2 Å². The zero-order valence-electron chi connectivity index (χ0n) is 12.0. The second-order valence-corrected chi connectivity index (χ2v) is 7.10. The summed E-state index contributed by atoms with van der Waals surface area (Å²) in [6.45, 7) is 0. The highest BCUT2D eigenvalue weighted by Crippen LogP contribution is 2.41. The molecule has 0 aliphatic heterocycles.